The second kappa shape index (κ2) is 6.34. The average molecular weight is 312 g/mol. The predicted molar refractivity (Wildman–Crippen MR) is 83.9 cm³/mol. The van der Waals surface area contributed by atoms with Crippen LogP contribution in [-0.2, 0) is 16.6 Å². The number of hydrogen-bond acceptors (Lipinski definition) is 4. The Balaban J connectivity index is 2.04. The van der Waals surface area contributed by atoms with Crippen LogP contribution in [0.1, 0.15) is 29.5 Å². The quantitative estimate of drug-likeness (QED) is 0.884. The van der Waals surface area contributed by atoms with E-state index in [4.69, 9.17) is 0 Å². The van der Waals surface area contributed by atoms with E-state index in [1.54, 1.807) is 6.07 Å². The minimum atomic E-state index is -3.17. The zero-order valence-corrected chi connectivity index (χ0v) is 13.7. The van der Waals surface area contributed by atoms with Crippen molar-refractivity contribution in [2.75, 3.05) is 19.3 Å². The molecule has 0 radical (unpaired) electrons. The number of nitrogens with one attached hydrogen (secondary N) is 1. The Hall–Kier alpha value is -1.11. The molecule has 0 bridgehead atoms. The highest BCUT2D eigenvalue weighted by Crippen LogP contribution is 2.24. The maximum atomic E-state index is 11.3. The Morgan fingerprint density at radius 1 is 1.33 bits per heavy atom. The molecule has 0 aromatic heterocycles. The highest BCUT2D eigenvalue weighted by molar-refractivity contribution is 7.88. The van der Waals surface area contributed by atoms with E-state index in [1.807, 2.05) is 19.9 Å². The van der Waals surface area contributed by atoms with Crippen LogP contribution in [-0.4, -0.2) is 43.8 Å². The number of rotatable bonds is 4. The summed E-state index contributed by atoms with van der Waals surface area (Å²) in [5.74, 6) is 0.316. The van der Waals surface area contributed by atoms with Gasteiger partial charge in [-0.1, -0.05) is 6.07 Å². The highest BCUT2D eigenvalue weighted by atomic mass is 32.2. The third-order valence-electron chi connectivity index (χ3n) is 3.98. The number of benzene rings is 1. The molecule has 0 saturated carbocycles. The number of phenolic OH excluding ortho intramolecular Hbond substituents is 1. The summed E-state index contributed by atoms with van der Waals surface area (Å²) in [6, 6.07) is 3.77. The topological polar surface area (TPSA) is 69.6 Å². The predicted octanol–water partition coefficient (Wildman–Crippen LogP) is 1.52. The lowest BCUT2D eigenvalue weighted by Crippen LogP contribution is -2.46. The van der Waals surface area contributed by atoms with Gasteiger partial charge in [0.15, 0.2) is 0 Å². The van der Waals surface area contributed by atoms with Gasteiger partial charge < -0.3 is 5.11 Å². The van der Waals surface area contributed by atoms with Crippen molar-refractivity contribution in [1.82, 2.24) is 9.62 Å². The van der Waals surface area contributed by atoms with Crippen molar-refractivity contribution in [2.24, 2.45) is 0 Å². The van der Waals surface area contributed by atoms with Gasteiger partial charge >= 0.3 is 0 Å². The molecule has 1 saturated heterocycles. The number of aromatic hydroxyl groups is 1. The number of aryl methyl sites for hydroxylation is 2. The number of piperidine rings is 1. The molecule has 0 amide bonds. The zero-order chi connectivity index (χ0) is 15.6. The minimum absolute atomic E-state index is 0.0394. The molecule has 0 unspecified atom stereocenters. The Morgan fingerprint density at radius 3 is 2.67 bits per heavy atom. The average Bonchev–Trinajstić information content (AvgIpc) is 2.34. The van der Waals surface area contributed by atoms with Crippen molar-refractivity contribution < 1.29 is 13.5 Å². The standard InChI is InChI=1S/C15H24N2O3S/c1-11-7-13(15(18)8-12(11)2)9-17-6-4-5-14(10-17)16-21(3,19)20/h7-8,14,16,18H,4-6,9-10H2,1-3H3/t14-/m1/s1. The van der Waals surface area contributed by atoms with Crippen molar-refractivity contribution in [1.29, 1.82) is 0 Å². The molecular formula is C15H24N2O3S. The summed E-state index contributed by atoms with van der Waals surface area (Å²) in [6.45, 7) is 6.26. The van der Waals surface area contributed by atoms with E-state index in [0.29, 0.717) is 18.8 Å². The Morgan fingerprint density at radius 2 is 2.00 bits per heavy atom. The fourth-order valence-electron chi connectivity index (χ4n) is 2.83. The first kappa shape index (κ1) is 16.3. The van der Waals surface area contributed by atoms with E-state index >= 15 is 0 Å². The second-order valence-corrected chi connectivity index (χ2v) is 7.81. The van der Waals surface area contributed by atoms with E-state index in [0.717, 1.165) is 36.1 Å². The second-order valence-electron chi connectivity index (χ2n) is 6.03. The smallest absolute Gasteiger partial charge is 0.208 e. The maximum absolute atomic E-state index is 11.3. The van der Waals surface area contributed by atoms with Gasteiger partial charge in [-0.15, -0.1) is 0 Å². The lowest BCUT2D eigenvalue weighted by atomic mass is 10.0. The first-order chi connectivity index (χ1) is 9.74. The number of hydrogen-bond donors (Lipinski definition) is 2. The lowest BCUT2D eigenvalue weighted by molar-refractivity contribution is 0.193. The molecule has 1 heterocycles. The largest absolute Gasteiger partial charge is 0.508 e. The SMILES string of the molecule is Cc1cc(O)c(CN2CCC[C@@H](NS(C)(=O)=O)C2)cc1C. The fourth-order valence-corrected chi connectivity index (χ4v) is 3.62. The molecule has 6 heteroatoms. The van der Waals surface area contributed by atoms with Crippen LogP contribution in [0, 0.1) is 13.8 Å². The molecule has 118 valence electrons. The molecule has 21 heavy (non-hydrogen) atoms. The first-order valence-electron chi connectivity index (χ1n) is 7.23. The van der Waals surface area contributed by atoms with Gasteiger partial charge in [0.05, 0.1) is 6.26 Å². The number of likely N-dealkylation sites (tertiary alicyclic amines) is 1. The minimum Gasteiger partial charge on any atom is -0.508 e. The summed E-state index contributed by atoms with van der Waals surface area (Å²) in [5.41, 5.74) is 3.13. The summed E-state index contributed by atoms with van der Waals surface area (Å²) in [7, 11) is -3.17. The fraction of sp³-hybridized carbons (Fsp3) is 0.600. The molecule has 1 atom stereocenters. The monoisotopic (exact) mass is 312 g/mol. The zero-order valence-electron chi connectivity index (χ0n) is 12.9. The van der Waals surface area contributed by atoms with Gasteiger partial charge in [-0.25, -0.2) is 13.1 Å². The Labute approximate surface area is 127 Å². The molecule has 2 rings (SSSR count). The molecule has 0 aliphatic carbocycles. The molecule has 1 aromatic carbocycles. The molecule has 1 aliphatic heterocycles. The number of phenols is 1. The molecule has 0 spiro atoms. The molecule has 1 aromatic rings. The van der Waals surface area contributed by atoms with E-state index in [9.17, 15) is 13.5 Å². The van der Waals surface area contributed by atoms with Gasteiger partial charge in [0.25, 0.3) is 0 Å². The van der Waals surface area contributed by atoms with Gasteiger partial charge in [0, 0.05) is 24.7 Å². The van der Waals surface area contributed by atoms with Crippen molar-refractivity contribution in [3.8, 4) is 5.75 Å². The van der Waals surface area contributed by atoms with Crippen LogP contribution >= 0.6 is 0 Å². The van der Waals surface area contributed by atoms with Gasteiger partial charge in [-0.2, -0.15) is 0 Å². The first-order valence-corrected chi connectivity index (χ1v) is 9.12. The van der Waals surface area contributed by atoms with Crippen LogP contribution in [0.25, 0.3) is 0 Å². The van der Waals surface area contributed by atoms with Crippen LogP contribution < -0.4 is 4.72 Å². The molecular weight excluding hydrogens is 288 g/mol. The normalized spacial score (nSPS) is 20.6. The highest BCUT2D eigenvalue weighted by Gasteiger charge is 2.23. The van der Waals surface area contributed by atoms with Gasteiger partial charge in [-0.05, 0) is 50.4 Å². The van der Waals surface area contributed by atoms with Crippen LogP contribution in [0.15, 0.2) is 12.1 Å². The van der Waals surface area contributed by atoms with Crippen LogP contribution in [0.4, 0.5) is 0 Å². The van der Waals surface area contributed by atoms with Gasteiger partial charge in [0.2, 0.25) is 10.0 Å². The van der Waals surface area contributed by atoms with Gasteiger partial charge in [-0.3, -0.25) is 4.90 Å². The lowest BCUT2D eigenvalue weighted by Gasteiger charge is -2.33. The number of sulfonamides is 1. The van der Waals surface area contributed by atoms with Crippen LogP contribution in [0.5, 0.6) is 5.75 Å². The van der Waals surface area contributed by atoms with E-state index < -0.39 is 10.0 Å². The van der Waals surface area contributed by atoms with Crippen molar-refractivity contribution >= 4 is 10.0 Å². The van der Waals surface area contributed by atoms with Gasteiger partial charge in [0.1, 0.15) is 5.75 Å². The summed E-state index contributed by atoms with van der Waals surface area (Å²) in [5, 5.41) is 10.1. The van der Waals surface area contributed by atoms with E-state index in [-0.39, 0.29) is 6.04 Å². The van der Waals surface area contributed by atoms with Crippen molar-refractivity contribution in [2.45, 2.75) is 39.3 Å². The Bertz CT molecular complexity index is 614. The van der Waals surface area contributed by atoms with E-state index in [2.05, 4.69) is 9.62 Å². The third kappa shape index (κ3) is 4.69. The maximum Gasteiger partial charge on any atom is 0.208 e. The van der Waals surface area contributed by atoms with Crippen LogP contribution in [0.2, 0.25) is 0 Å². The summed E-state index contributed by atoms with van der Waals surface area (Å²) in [4.78, 5) is 2.19. The van der Waals surface area contributed by atoms with Crippen molar-refractivity contribution in [3.05, 3.63) is 28.8 Å². The van der Waals surface area contributed by atoms with Crippen LogP contribution in [0.3, 0.4) is 0 Å². The van der Waals surface area contributed by atoms with Crippen molar-refractivity contribution in [3.63, 3.8) is 0 Å². The molecule has 2 N–H and O–H groups in total. The summed E-state index contributed by atoms with van der Waals surface area (Å²) >= 11 is 0. The summed E-state index contributed by atoms with van der Waals surface area (Å²) < 4.78 is 25.3. The van der Waals surface area contributed by atoms with E-state index in [1.165, 1.54) is 6.26 Å². The molecule has 1 aliphatic rings. The molecule has 5 nitrogen and oxygen atoms in total. The summed E-state index contributed by atoms with van der Waals surface area (Å²) in [6.07, 6.45) is 3.02. The third-order valence-corrected chi connectivity index (χ3v) is 4.74. The molecule has 1 fully saturated rings. The number of nitrogens with zero attached hydrogens (tertiary/aromatic N) is 1. The Kier molecular flexibility index (Phi) is 4.91.